The average molecular weight is 256 g/mol. The molecule has 0 aliphatic rings. The quantitative estimate of drug-likeness (QED) is 0.841. The lowest BCUT2D eigenvalue weighted by Crippen LogP contribution is -2.50. The summed E-state index contributed by atoms with van der Waals surface area (Å²) in [5.74, 6) is -0.325. The second-order valence-electron chi connectivity index (χ2n) is 4.43. The van der Waals surface area contributed by atoms with E-state index in [4.69, 9.17) is 16.3 Å². The van der Waals surface area contributed by atoms with Crippen LogP contribution in [0.1, 0.15) is 26.3 Å². The molecule has 0 heterocycles. The lowest BCUT2D eigenvalue weighted by atomic mass is 9.91. The van der Waals surface area contributed by atoms with Gasteiger partial charge in [-0.15, -0.1) is 0 Å². The Kier molecular flexibility index (Phi) is 4.54. The van der Waals surface area contributed by atoms with Gasteiger partial charge in [-0.3, -0.25) is 5.32 Å². The topological polar surface area (TPSA) is 38.3 Å². The first-order valence-corrected chi connectivity index (χ1v) is 5.90. The van der Waals surface area contributed by atoms with Gasteiger partial charge in [0.1, 0.15) is 5.54 Å². The molecule has 0 radical (unpaired) electrons. The minimum Gasteiger partial charge on any atom is -0.467 e. The van der Waals surface area contributed by atoms with Gasteiger partial charge in [0, 0.05) is 11.1 Å². The van der Waals surface area contributed by atoms with E-state index in [1.54, 1.807) is 19.1 Å². The van der Waals surface area contributed by atoms with Crippen LogP contribution in [0, 0.1) is 0 Å². The molecule has 0 aliphatic carbocycles. The Hall–Kier alpha value is -1.06. The molecule has 1 aromatic carbocycles. The Labute approximate surface area is 107 Å². The number of esters is 1. The predicted octanol–water partition coefficient (Wildman–Crippen LogP) is 2.73. The molecule has 0 spiro atoms. The number of nitrogens with one attached hydrogen (secondary N) is 1. The highest BCUT2D eigenvalue weighted by Crippen LogP contribution is 2.25. The number of hydrogen-bond acceptors (Lipinski definition) is 3. The minimum atomic E-state index is -0.881. The fourth-order valence-electron chi connectivity index (χ4n) is 1.84. The fourth-order valence-corrected chi connectivity index (χ4v) is 2.03. The smallest absolute Gasteiger partial charge is 0.330 e. The average Bonchev–Trinajstić information content (AvgIpc) is 2.26. The molecule has 0 aromatic heterocycles. The van der Waals surface area contributed by atoms with Crippen molar-refractivity contribution in [2.75, 3.05) is 7.11 Å². The predicted molar refractivity (Wildman–Crippen MR) is 69.1 cm³/mol. The van der Waals surface area contributed by atoms with Gasteiger partial charge in [0.05, 0.1) is 7.11 Å². The van der Waals surface area contributed by atoms with Gasteiger partial charge in [-0.1, -0.05) is 23.7 Å². The van der Waals surface area contributed by atoms with Gasteiger partial charge in [0.2, 0.25) is 0 Å². The third-order valence-corrected chi connectivity index (χ3v) is 2.81. The second-order valence-corrected chi connectivity index (χ2v) is 4.86. The van der Waals surface area contributed by atoms with E-state index in [2.05, 4.69) is 5.32 Å². The molecule has 94 valence electrons. The van der Waals surface area contributed by atoms with Gasteiger partial charge < -0.3 is 4.74 Å². The Morgan fingerprint density at radius 3 is 2.59 bits per heavy atom. The maximum atomic E-state index is 12.0. The number of carbonyl (C=O) groups excluding carboxylic acids is 1. The summed E-state index contributed by atoms with van der Waals surface area (Å²) in [7, 11) is 1.38. The first-order valence-electron chi connectivity index (χ1n) is 5.52. The summed E-state index contributed by atoms with van der Waals surface area (Å²) in [5.41, 5.74) is -0.0843. The molecule has 0 aliphatic heterocycles. The standard InChI is InChI=1S/C13H18ClNO2/c1-9(2)15-13(3,12(16)17-4)10-6-5-7-11(14)8-10/h5-9,15H,1-4H3. The molecule has 1 rings (SSSR count). The van der Waals surface area contributed by atoms with Crippen molar-refractivity contribution in [3.63, 3.8) is 0 Å². The first kappa shape index (κ1) is 14.0. The summed E-state index contributed by atoms with van der Waals surface area (Å²) < 4.78 is 4.87. The molecule has 0 fully saturated rings. The Morgan fingerprint density at radius 2 is 2.12 bits per heavy atom. The van der Waals surface area contributed by atoms with E-state index >= 15 is 0 Å². The number of ether oxygens (including phenoxy) is 1. The molecule has 0 saturated heterocycles. The highest BCUT2D eigenvalue weighted by atomic mass is 35.5. The molecule has 4 heteroatoms. The number of benzene rings is 1. The molecular weight excluding hydrogens is 238 g/mol. The van der Waals surface area contributed by atoms with Gasteiger partial charge in [-0.05, 0) is 38.5 Å². The number of halogens is 1. The van der Waals surface area contributed by atoms with Gasteiger partial charge in [0.25, 0.3) is 0 Å². The third-order valence-electron chi connectivity index (χ3n) is 2.57. The molecular formula is C13H18ClNO2. The maximum absolute atomic E-state index is 12.0. The zero-order chi connectivity index (χ0) is 13.1. The summed E-state index contributed by atoms with van der Waals surface area (Å²) in [6.07, 6.45) is 0. The van der Waals surface area contributed by atoms with Crippen molar-refractivity contribution in [3.05, 3.63) is 34.9 Å². The Morgan fingerprint density at radius 1 is 1.47 bits per heavy atom. The lowest BCUT2D eigenvalue weighted by molar-refractivity contribution is -0.148. The zero-order valence-corrected chi connectivity index (χ0v) is 11.3. The number of rotatable bonds is 4. The van der Waals surface area contributed by atoms with Gasteiger partial charge in [-0.25, -0.2) is 4.79 Å². The van der Waals surface area contributed by atoms with Crippen molar-refractivity contribution in [3.8, 4) is 0 Å². The van der Waals surface area contributed by atoms with E-state index in [-0.39, 0.29) is 12.0 Å². The molecule has 1 atom stereocenters. The van der Waals surface area contributed by atoms with E-state index in [1.165, 1.54) is 7.11 Å². The largest absolute Gasteiger partial charge is 0.467 e. The van der Waals surface area contributed by atoms with E-state index in [0.717, 1.165) is 5.56 Å². The van der Waals surface area contributed by atoms with E-state index < -0.39 is 5.54 Å². The van der Waals surface area contributed by atoms with E-state index in [1.807, 2.05) is 26.0 Å². The molecule has 0 saturated carbocycles. The van der Waals surface area contributed by atoms with E-state index in [0.29, 0.717) is 5.02 Å². The van der Waals surface area contributed by atoms with Crippen LogP contribution >= 0.6 is 11.6 Å². The molecule has 17 heavy (non-hydrogen) atoms. The van der Waals surface area contributed by atoms with Crippen LogP contribution < -0.4 is 5.32 Å². The summed E-state index contributed by atoms with van der Waals surface area (Å²) >= 11 is 5.96. The van der Waals surface area contributed by atoms with Gasteiger partial charge in [-0.2, -0.15) is 0 Å². The highest BCUT2D eigenvalue weighted by molar-refractivity contribution is 6.30. The van der Waals surface area contributed by atoms with Crippen LogP contribution in [0.25, 0.3) is 0 Å². The monoisotopic (exact) mass is 255 g/mol. The SMILES string of the molecule is COC(=O)C(C)(NC(C)C)c1cccc(Cl)c1. The third kappa shape index (κ3) is 3.20. The zero-order valence-electron chi connectivity index (χ0n) is 10.6. The molecule has 1 unspecified atom stereocenters. The number of carbonyl (C=O) groups is 1. The van der Waals surface area contributed by atoms with Crippen LogP contribution in [0.3, 0.4) is 0 Å². The van der Waals surface area contributed by atoms with Crippen molar-refractivity contribution in [2.24, 2.45) is 0 Å². The Balaban J connectivity index is 3.18. The molecule has 3 nitrogen and oxygen atoms in total. The summed E-state index contributed by atoms with van der Waals surface area (Å²) in [4.78, 5) is 12.0. The normalized spacial score (nSPS) is 14.5. The number of methoxy groups -OCH3 is 1. The van der Waals surface area contributed by atoms with Crippen molar-refractivity contribution >= 4 is 17.6 Å². The minimum absolute atomic E-state index is 0.151. The van der Waals surface area contributed by atoms with Crippen LogP contribution in [0.4, 0.5) is 0 Å². The summed E-state index contributed by atoms with van der Waals surface area (Å²) in [6.45, 7) is 5.75. The van der Waals surface area contributed by atoms with E-state index in [9.17, 15) is 4.79 Å². The highest BCUT2D eigenvalue weighted by Gasteiger charge is 2.36. The molecule has 1 aromatic rings. The summed E-state index contributed by atoms with van der Waals surface area (Å²) in [5, 5.41) is 3.82. The van der Waals surface area contributed by atoms with Crippen LogP contribution in [-0.4, -0.2) is 19.1 Å². The number of hydrogen-bond donors (Lipinski definition) is 1. The maximum Gasteiger partial charge on any atom is 0.330 e. The first-order chi connectivity index (χ1) is 7.90. The molecule has 0 amide bonds. The Bertz CT molecular complexity index is 406. The van der Waals surface area contributed by atoms with Crippen LogP contribution in [0.2, 0.25) is 5.02 Å². The van der Waals surface area contributed by atoms with Crippen molar-refractivity contribution in [2.45, 2.75) is 32.4 Å². The van der Waals surface area contributed by atoms with Gasteiger partial charge in [0.15, 0.2) is 0 Å². The van der Waals surface area contributed by atoms with Crippen molar-refractivity contribution < 1.29 is 9.53 Å². The van der Waals surface area contributed by atoms with Crippen LogP contribution in [0.5, 0.6) is 0 Å². The van der Waals surface area contributed by atoms with Crippen molar-refractivity contribution in [1.29, 1.82) is 0 Å². The second kappa shape index (κ2) is 5.52. The van der Waals surface area contributed by atoms with Gasteiger partial charge >= 0.3 is 5.97 Å². The van der Waals surface area contributed by atoms with Crippen molar-refractivity contribution in [1.82, 2.24) is 5.32 Å². The van der Waals surface area contributed by atoms with Crippen LogP contribution in [-0.2, 0) is 15.1 Å². The molecule has 1 N–H and O–H groups in total. The fraction of sp³-hybridized carbons (Fsp3) is 0.462. The summed E-state index contributed by atoms with van der Waals surface area (Å²) in [6, 6.07) is 7.38. The lowest BCUT2D eigenvalue weighted by Gasteiger charge is -2.30. The molecule has 0 bridgehead atoms. The van der Waals surface area contributed by atoms with Crippen LogP contribution in [0.15, 0.2) is 24.3 Å².